The molecule has 0 amide bonds. The Bertz CT molecular complexity index is 350. The highest BCUT2D eigenvalue weighted by molar-refractivity contribution is 5.25. The van der Waals surface area contributed by atoms with E-state index in [4.69, 9.17) is 0 Å². The number of alkyl halides is 2. The van der Waals surface area contributed by atoms with Crippen molar-refractivity contribution in [3.8, 4) is 0 Å². The highest BCUT2D eigenvalue weighted by Crippen LogP contribution is 2.38. The maximum absolute atomic E-state index is 13.4. The zero-order valence-corrected chi connectivity index (χ0v) is 8.06. The van der Waals surface area contributed by atoms with Crippen molar-refractivity contribution in [1.29, 1.82) is 0 Å². The summed E-state index contributed by atoms with van der Waals surface area (Å²) in [6.07, 6.45) is 3.08. The number of aromatic nitrogens is 2. The van der Waals surface area contributed by atoms with E-state index in [0.29, 0.717) is 30.8 Å². The van der Waals surface area contributed by atoms with Crippen LogP contribution >= 0.6 is 0 Å². The van der Waals surface area contributed by atoms with Crippen molar-refractivity contribution in [2.24, 2.45) is 0 Å². The Morgan fingerprint density at radius 3 is 3.00 bits per heavy atom. The van der Waals surface area contributed by atoms with E-state index >= 15 is 0 Å². The number of fused-ring (bicyclic) bond motifs is 1. The van der Waals surface area contributed by atoms with Crippen molar-refractivity contribution in [3.63, 3.8) is 0 Å². The van der Waals surface area contributed by atoms with Crippen LogP contribution in [0.3, 0.4) is 0 Å². The van der Waals surface area contributed by atoms with Crippen LogP contribution in [0.25, 0.3) is 0 Å². The summed E-state index contributed by atoms with van der Waals surface area (Å²) in [7, 11) is 0. The van der Waals surface area contributed by atoms with E-state index in [1.54, 1.807) is 0 Å². The lowest BCUT2D eigenvalue weighted by Crippen LogP contribution is -2.23. The molecule has 1 heterocycles. The van der Waals surface area contributed by atoms with Gasteiger partial charge in [-0.25, -0.2) is 18.7 Å². The molecule has 4 heteroatoms. The van der Waals surface area contributed by atoms with Crippen LogP contribution in [-0.2, 0) is 18.8 Å². The van der Waals surface area contributed by atoms with Gasteiger partial charge in [0.05, 0.1) is 11.3 Å². The molecule has 0 aromatic carbocycles. The topological polar surface area (TPSA) is 25.8 Å². The molecule has 0 radical (unpaired) electrons. The highest BCUT2D eigenvalue weighted by Gasteiger charge is 2.37. The van der Waals surface area contributed by atoms with Gasteiger partial charge in [-0.1, -0.05) is 6.92 Å². The van der Waals surface area contributed by atoms with E-state index in [1.165, 1.54) is 6.20 Å². The molecule has 0 fully saturated rings. The maximum Gasteiger partial charge on any atom is 0.276 e. The first-order valence-corrected chi connectivity index (χ1v) is 4.86. The van der Waals surface area contributed by atoms with E-state index in [2.05, 4.69) is 9.97 Å². The third kappa shape index (κ3) is 1.49. The van der Waals surface area contributed by atoms with Crippen LogP contribution in [0.1, 0.15) is 36.8 Å². The highest BCUT2D eigenvalue weighted by atomic mass is 19.3. The molecule has 76 valence electrons. The minimum Gasteiger partial charge on any atom is -0.241 e. The molecule has 0 spiro atoms. The second-order valence-corrected chi connectivity index (χ2v) is 3.56. The van der Waals surface area contributed by atoms with E-state index in [1.807, 2.05) is 6.92 Å². The van der Waals surface area contributed by atoms with Crippen molar-refractivity contribution < 1.29 is 8.78 Å². The van der Waals surface area contributed by atoms with Crippen molar-refractivity contribution >= 4 is 0 Å². The lowest BCUT2D eigenvalue weighted by molar-refractivity contribution is -0.0228. The fourth-order valence-electron chi connectivity index (χ4n) is 1.74. The van der Waals surface area contributed by atoms with Crippen LogP contribution < -0.4 is 0 Å². The summed E-state index contributed by atoms with van der Waals surface area (Å²) in [6.45, 7) is 1.92. The van der Waals surface area contributed by atoms with Crippen molar-refractivity contribution in [3.05, 3.63) is 23.3 Å². The maximum atomic E-state index is 13.4. The Morgan fingerprint density at radius 2 is 2.29 bits per heavy atom. The van der Waals surface area contributed by atoms with Gasteiger partial charge in [0, 0.05) is 19.0 Å². The molecular formula is C10H12F2N2. The van der Waals surface area contributed by atoms with E-state index in [0.717, 1.165) is 0 Å². The summed E-state index contributed by atoms with van der Waals surface area (Å²) in [6, 6.07) is 0. The number of nitrogens with zero attached hydrogens (tertiary/aromatic N) is 2. The zero-order chi connectivity index (χ0) is 10.2. The predicted octanol–water partition coefficient (Wildman–Crippen LogP) is 2.47. The lowest BCUT2D eigenvalue weighted by Gasteiger charge is -2.23. The molecule has 2 nitrogen and oxygen atoms in total. The van der Waals surface area contributed by atoms with Crippen LogP contribution in [0, 0.1) is 0 Å². The summed E-state index contributed by atoms with van der Waals surface area (Å²) >= 11 is 0. The quantitative estimate of drug-likeness (QED) is 0.692. The second-order valence-electron chi connectivity index (χ2n) is 3.56. The van der Waals surface area contributed by atoms with E-state index in [-0.39, 0.29) is 12.0 Å². The Kier molecular flexibility index (Phi) is 2.21. The molecule has 1 aromatic rings. The third-order valence-electron chi connectivity index (χ3n) is 2.53. The Balaban J connectivity index is 2.46. The van der Waals surface area contributed by atoms with Crippen molar-refractivity contribution in [1.82, 2.24) is 9.97 Å². The molecule has 1 aromatic heterocycles. The number of aryl methyl sites for hydroxylation is 2. The summed E-state index contributed by atoms with van der Waals surface area (Å²) in [4.78, 5) is 8.05. The molecule has 2 rings (SSSR count). The number of halogens is 2. The van der Waals surface area contributed by atoms with Gasteiger partial charge in [-0.3, -0.25) is 0 Å². The van der Waals surface area contributed by atoms with Crippen LogP contribution in [0.5, 0.6) is 0 Å². The van der Waals surface area contributed by atoms with E-state index in [9.17, 15) is 8.78 Å². The van der Waals surface area contributed by atoms with Gasteiger partial charge < -0.3 is 0 Å². The largest absolute Gasteiger partial charge is 0.276 e. The Morgan fingerprint density at radius 1 is 1.50 bits per heavy atom. The van der Waals surface area contributed by atoms with Crippen LogP contribution in [0.4, 0.5) is 8.78 Å². The fourth-order valence-corrected chi connectivity index (χ4v) is 1.74. The van der Waals surface area contributed by atoms with Gasteiger partial charge in [0.2, 0.25) is 0 Å². The molecule has 14 heavy (non-hydrogen) atoms. The first-order chi connectivity index (χ1) is 6.63. The molecule has 0 unspecified atom stereocenters. The van der Waals surface area contributed by atoms with Gasteiger partial charge in [-0.05, 0) is 12.8 Å². The second kappa shape index (κ2) is 3.26. The minimum absolute atomic E-state index is 0.0287. The van der Waals surface area contributed by atoms with Crippen molar-refractivity contribution in [2.45, 2.75) is 38.5 Å². The normalized spacial score (nSPS) is 19.1. The summed E-state index contributed by atoms with van der Waals surface area (Å²) in [5, 5.41) is 0. The number of hydrogen-bond acceptors (Lipinski definition) is 2. The average molecular weight is 198 g/mol. The fraction of sp³-hybridized carbons (Fsp3) is 0.600. The summed E-state index contributed by atoms with van der Waals surface area (Å²) < 4.78 is 26.7. The number of hydrogen-bond donors (Lipinski definition) is 0. The van der Waals surface area contributed by atoms with Crippen LogP contribution in [-0.4, -0.2) is 9.97 Å². The monoisotopic (exact) mass is 198 g/mol. The molecule has 0 bridgehead atoms. The molecule has 1 aliphatic rings. The molecule has 1 aliphatic carbocycles. The summed E-state index contributed by atoms with van der Waals surface area (Å²) in [5.41, 5.74) is 0.564. The third-order valence-corrected chi connectivity index (χ3v) is 2.53. The standard InChI is InChI=1S/C10H12F2N2/c1-2-9-13-6-7-8(14-9)4-3-5-10(7,11)12/h6H,2-5H2,1H3. The molecule has 0 atom stereocenters. The molecule has 0 aliphatic heterocycles. The molecule has 0 saturated heterocycles. The molecule has 0 saturated carbocycles. The minimum atomic E-state index is -2.72. The average Bonchev–Trinajstić information content (AvgIpc) is 2.16. The lowest BCUT2D eigenvalue weighted by atomic mass is 9.93. The van der Waals surface area contributed by atoms with Gasteiger partial charge in [0.25, 0.3) is 5.92 Å². The smallest absolute Gasteiger partial charge is 0.241 e. The Labute approximate surface area is 81.4 Å². The van der Waals surface area contributed by atoms with Gasteiger partial charge in [0.1, 0.15) is 5.82 Å². The SMILES string of the molecule is CCc1ncc2c(n1)CCCC2(F)F. The zero-order valence-electron chi connectivity index (χ0n) is 8.06. The Hall–Kier alpha value is -1.06. The molecular weight excluding hydrogens is 186 g/mol. The first kappa shape index (κ1) is 9.49. The predicted molar refractivity (Wildman–Crippen MR) is 48.2 cm³/mol. The molecule has 0 N–H and O–H groups in total. The van der Waals surface area contributed by atoms with Gasteiger partial charge in [-0.15, -0.1) is 0 Å². The van der Waals surface area contributed by atoms with Crippen molar-refractivity contribution in [2.75, 3.05) is 0 Å². The van der Waals surface area contributed by atoms with Gasteiger partial charge in [0.15, 0.2) is 0 Å². The van der Waals surface area contributed by atoms with Crippen LogP contribution in [0.2, 0.25) is 0 Å². The van der Waals surface area contributed by atoms with Gasteiger partial charge in [-0.2, -0.15) is 0 Å². The number of rotatable bonds is 1. The van der Waals surface area contributed by atoms with Gasteiger partial charge >= 0.3 is 0 Å². The first-order valence-electron chi connectivity index (χ1n) is 4.86. The van der Waals surface area contributed by atoms with Crippen LogP contribution in [0.15, 0.2) is 6.20 Å². The van der Waals surface area contributed by atoms with E-state index < -0.39 is 5.92 Å². The summed E-state index contributed by atoms with van der Waals surface area (Å²) in [5.74, 6) is -2.07.